The molecule has 3 N–H and O–H groups in total. The molecule has 5 nitrogen and oxygen atoms in total. The van der Waals surface area contributed by atoms with Crippen LogP contribution in [0.5, 0.6) is 5.88 Å². The van der Waals surface area contributed by atoms with Gasteiger partial charge < -0.3 is 15.8 Å². The van der Waals surface area contributed by atoms with Crippen LogP contribution >= 0.6 is 0 Å². The summed E-state index contributed by atoms with van der Waals surface area (Å²) in [6.07, 6.45) is 1.68. The maximum atomic E-state index is 5.92. The van der Waals surface area contributed by atoms with E-state index in [1.807, 2.05) is 38.1 Å². The molecule has 0 bridgehead atoms. The Labute approximate surface area is 124 Å². The number of aryl methyl sites for hydroxylation is 2. The normalized spacial score (nSPS) is 11.3. The number of anilines is 1. The number of rotatable bonds is 4. The maximum Gasteiger partial charge on any atom is 0.218 e. The van der Waals surface area contributed by atoms with Crippen molar-refractivity contribution in [1.82, 2.24) is 4.98 Å². The van der Waals surface area contributed by atoms with Gasteiger partial charge in [0, 0.05) is 17.4 Å². The number of pyridine rings is 1. The third-order valence-corrected chi connectivity index (χ3v) is 2.96. The van der Waals surface area contributed by atoms with E-state index in [0.29, 0.717) is 18.4 Å². The van der Waals surface area contributed by atoms with Gasteiger partial charge in [-0.15, -0.1) is 0 Å². The Morgan fingerprint density at radius 1 is 1.29 bits per heavy atom. The van der Waals surface area contributed by atoms with Crippen molar-refractivity contribution >= 4 is 11.6 Å². The van der Waals surface area contributed by atoms with Gasteiger partial charge in [0.05, 0.1) is 13.7 Å². The van der Waals surface area contributed by atoms with Crippen LogP contribution in [-0.2, 0) is 6.54 Å². The van der Waals surface area contributed by atoms with Crippen LogP contribution in [0.4, 0.5) is 5.69 Å². The second-order valence-electron chi connectivity index (χ2n) is 4.87. The highest BCUT2D eigenvalue weighted by molar-refractivity contribution is 5.92. The first-order valence-corrected chi connectivity index (χ1v) is 6.71. The molecule has 0 aliphatic heterocycles. The fourth-order valence-electron chi connectivity index (χ4n) is 2.13. The molecule has 0 aliphatic carbocycles. The van der Waals surface area contributed by atoms with E-state index in [0.717, 1.165) is 11.3 Å². The number of aromatic nitrogens is 1. The number of hydrogen-bond donors (Lipinski definition) is 2. The topological polar surface area (TPSA) is 72.5 Å². The van der Waals surface area contributed by atoms with E-state index in [2.05, 4.69) is 21.4 Å². The van der Waals surface area contributed by atoms with Crippen molar-refractivity contribution in [2.75, 3.05) is 12.4 Å². The number of benzene rings is 1. The van der Waals surface area contributed by atoms with Crippen molar-refractivity contribution in [3.8, 4) is 5.88 Å². The number of hydrogen-bond acceptors (Lipinski definition) is 3. The molecule has 5 heteroatoms. The molecule has 0 amide bonds. The summed E-state index contributed by atoms with van der Waals surface area (Å²) in [5.74, 6) is 0.936. The SMILES string of the molecule is COc1ncccc1CN=C(N)Nc1cc(C)cc(C)c1. The minimum Gasteiger partial charge on any atom is -0.481 e. The van der Waals surface area contributed by atoms with Crippen molar-refractivity contribution in [2.45, 2.75) is 20.4 Å². The second kappa shape index (κ2) is 6.74. The third-order valence-electron chi connectivity index (χ3n) is 2.96. The molecular weight excluding hydrogens is 264 g/mol. The largest absolute Gasteiger partial charge is 0.481 e. The molecule has 0 atom stereocenters. The van der Waals surface area contributed by atoms with Gasteiger partial charge in [0.1, 0.15) is 0 Å². The Morgan fingerprint density at radius 3 is 2.67 bits per heavy atom. The Kier molecular flexibility index (Phi) is 4.77. The predicted molar refractivity (Wildman–Crippen MR) is 85.7 cm³/mol. The first-order valence-electron chi connectivity index (χ1n) is 6.71. The fourth-order valence-corrected chi connectivity index (χ4v) is 2.13. The highest BCUT2D eigenvalue weighted by Crippen LogP contribution is 2.15. The molecular formula is C16H20N4O. The molecule has 1 aromatic heterocycles. The molecule has 0 unspecified atom stereocenters. The summed E-state index contributed by atoms with van der Waals surface area (Å²) in [6.45, 7) is 4.51. The molecule has 0 saturated heterocycles. The van der Waals surface area contributed by atoms with Crippen LogP contribution in [0.25, 0.3) is 0 Å². The molecule has 110 valence electrons. The minimum atomic E-state index is 0.367. The van der Waals surface area contributed by atoms with E-state index in [9.17, 15) is 0 Å². The molecule has 0 spiro atoms. The second-order valence-corrected chi connectivity index (χ2v) is 4.87. The summed E-state index contributed by atoms with van der Waals surface area (Å²) in [5, 5.41) is 3.10. The summed E-state index contributed by atoms with van der Waals surface area (Å²) < 4.78 is 5.19. The average molecular weight is 284 g/mol. The number of guanidine groups is 1. The van der Waals surface area contributed by atoms with Gasteiger partial charge in [-0.2, -0.15) is 0 Å². The van der Waals surface area contributed by atoms with Crippen molar-refractivity contribution in [3.05, 3.63) is 53.2 Å². The van der Waals surface area contributed by atoms with Crippen LogP contribution < -0.4 is 15.8 Å². The van der Waals surface area contributed by atoms with Crippen molar-refractivity contribution in [1.29, 1.82) is 0 Å². The number of aliphatic imine (C=N–C) groups is 1. The minimum absolute atomic E-state index is 0.367. The highest BCUT2D eigenvalue weighted by Gasteiger charge is 2.03. The van der Waals surface area contributed by atoms with Crippen molar-refractivity contribution in [2.24, 2.45) is 10.7 Å². The van der Waals surface area contributed by atoms with Crippen LogP contribution in [0.2, 0.25) is 0 Å². The molecule has 1 aromatic carbocycles. The zero-order chi connectivity index (χ0) is 15.2. The predicted octanol–water partition coefficient (Wildman–Crippen LogP) is 2.63. The summed E-state index contributed by atoms with van der Waals surface area (Å²) in [5.41, 5.74) is 10.1. The zero-order valence-corrected chi connectivity index (χ0v) is 12.6. The van der Waals surface area contributed by atoms with Gasteiger partial charge in [0.25, 0.3) is 0 Å². The molecule has 1 heterocycles. The summed E-state index contributed by atoms with van der Waals surface area (Å²) >= 11 is 0. The average Bonchev–Trinajstić information content (AvgIpc) is 2.44. The van der Waals surface area contributed by atoms with Crippen LogP contribution in [0.15, 0.2) is 41.5 Å². The number of ether oxygens (including phenoxy) is 1. The molecule has 0 saturated carbocycles. The molecule has 0 fully saturated rings. The van der Waals surface area contributed by atoms with Crippen molar-refractivity contribution < 1.29 is 4.74 Å². The lowest BCUT2D eigenvalue weighted by atomic mass is 10.1. The van der Waals surface area contributed by atoms with Crippen molar-refractivity contribution in [3.63, 3.8) is 0 Å². The third kappa shape index (κ3) is 4.21. The van der Waals surface area contributed by atoms with E-state index in [1.54, 1.807) is 13.3 Å². The van der Waals surface area contributed by atoms with Crippen LogP contribution in [0.3, 0.4) is 0 Å². The standard InChI is InChI=1S/C16H20N4O/c1-11-7-12(2)9-14(8-11)20-16(17)19-10-13-5-4-6-18-15(13)21-3/h4-9H,10H2,1-3H3,(H3,17,19,20). The molecule has 2 aromatic rings. The summed E-state index contributed by atoms with van der Waals surface area (Å²) in [6, 6.07) is 9.93. The quantitative estimate of drug-likeness (QED) is 0.668. The summed E-state index contributed by atoms with van der Waals surface area (Å²) in [4.78, 5) is 8.45. The van der Waals surface area contributed by atoms with E-state index >= 15 is 0 Å². The lowest BCUT2D eigenvalue weighted by Crippen LogP contribution is -2.22. The Morgan fingerprint density at radius 2 is 2.00 bits per heavy atom. The fraction of sp³-hybridized carbons (Fsp3) is 0.250. The van der Waals surface area contributed by atoms with E-state index in [1.165, 1.54) is 11.1 Å². The zero-order valence-electron chi connectivity index (χ0n) is 12.6. The number of nitrogens with two attached hydrogens (primary N) is 1. The smallest absolute Gasteiger partial charge is 0.218 e. The number of methoxy groups -OCH3 is 1. The van der Waals surface area contributed by atoms with Gasteiger partial charge in [-0.25, -0.2) is 9.98 Å². The molecule has 21 heavy (non-hydrogen) atoms. The first kappa shape index (κ1) is 14.8. The van der Waals surface area contributed by atoms with E-state index < -0.39 is 0 Å². The molecule has 0 aliphatic rings. The first-order chi connectivity index (χ1) is 10.1. The Balaban J connectivity index is 2.07. The van der Waals surface area contributed by atoms with Gasteiger partial charge in [0.2, 0.25) is 5.88 Å². The highest BCUT2D eigenvalue weighted by atomic mass is 16.5. The molecule has 2 rings (SSSR count). The van der Waals surface area contributed by atoms with Gasteiger partial charge in [-0.1, -0.05) is 12.1 Å². The number of nitrogens with one attached hydrogen (secondary N) is 1. The van der Waals surface area contributed by atoms with Gasteiger partial charge >= 0.3 is 0 Å². The molecule has 0 radical (unpaired) electrons. The van der Waals surface area contributed by atoms with Gasteiger partial charge in [-0.3, -0.25) is 0 Å². The van der Waals surface area contributed by atoms with Gasteiger partial charge in [-0.05, 0) is 43.2 Å². The van der Waals surface area contributed by atoms with Crippen LogP contribution in [0, 0.1) is 13.8 Å². The van der Waals surface area contributed by atoms with E-state index in [4.69, 9.17) is 10.5 Å². The lowest BCUT2D eigenvalue weighted by Gasteiger charge is -2.09. The van der Waals surface area contributed by atoms with Crippen LogP contribution in [-0.4, -0.2) is 18.1 Å². The Bertz CT molecular complexity index is 632. The number of nitrogens with zero attached hydrogens (tertiary/aromatic N) is 2. The van der Waals surface area contributed by atoms with Gasteiger partial charge in [0.15, 0.2) is 5.96 Å². The summed E-state index contributed by atoms with van der Waals surface area (Å²) in [7, 11) is 1.59. The lowest BCUT2D eigenvalue weighted by molar-refractivity contribution is 0.392. The monoisotopic (exact) mass is 284 g/mol. The maximum absolute atomic E-state index is 5.92. The van der Waals surface area contributed by atoms with Crippen LogP contribution in [0.1, 0.15) is 16.7 Å². The Hall–Kier alpha value is -2.56. The van der Waals surface area contributed by atoms with E-state index in [-0.39, 0.29) is 0 Å².